The molecule has 2 aliphatic heterocycles. The van der Waals surface area contributed by atoms with Gasteiger partial charge in [0, 0.05) is 12.2 Å². The quantitative estimate of drug-likeness (QED) is 0.427. The van der Waals surface area contributed by atoms with Crippen LogP contribution in [-0.4, -0.2) is 23.5 Å². The van der Waals surface area contributed by atoms with Gasteiger partial charge in [0.1, 0.15) is 0 Å². The molecule has 2 nitrogen and oxygen atoms in total. The first-order chi connectivity index (χ1) is 4.81. The van der Waals surface area contributed by atoms with E-state index in [9.17, 15) is 5.21 Å². The summed E-state index contributed by atoms with van der Waals surface area (Å²) in [4.78, 5) is 0. The van der Waals surface area contributed by atoms with Crippen molar-refractivity contribution < 1.29 is 4.65 Å². The molecule has 3 heteroatoms. The van der Waals surface area contributed by atoms with Crippen molar-refractivity contribution in [2.75, 3.05) is 18.8 Å². The van der Waals surface area contributed by atoms with Crippen LogP contribution in [0.4, 0.5) is 0 Å². The fraction of sp³-hybridized carbons (Fsp3) is 0.714. The van der Waals surface area contributed by atoms with Gasteiger partial charge in [0.05, 0.1) is 13.1 Å². The van der Waals surface area contributed by atoms with E-state index < -0.39 is 0 Å². The molecule has 0 aromatic carbocycles. The molecule has 0 N–H and O–H groups in total. The van der Waals surface area contributed by atoms with Crippen molar-refractivity contribution in [2.45, 2.75) is 12.8 Å². The van der Waals surface area contributed by atoms with E-state index in [-0.39, 0.29) is 4.65 Å². The van der Waals surface area contributed by atoms with Crippen LogP contribution in [0, 0.1) is 5.21 Å². The van der Waals surface area contributed by atoms with E-state index >= 15 is 0 Å². The zero-order valence-corrected chi connectivity index (χ0v) is 6.69. The van der Waals surface area contributed by atoms with Gasteiger partial charge >= 0.3 is 0 Å². The number of likely N-dealkylation sites (tertiary alicyclic amines) is 1. The van der Waals surface area contributed by atoms with Crippen LogP contribution in [0.3, 0.4) is 0 Å². The van der Waals surface area contributed by atoms with Crippen LogP contribution in [-0.2, 0) is 0 Å². The number of hydrogen-bond acceptors (Lipinski definition) is 2. The standard InChI is InChI=1S/C7H11NOS/c9-8(4-2-5-8)7-3-1-6-10-7/h3H,1-2,4-6H2. The maximum Gasteiger partial charge on any atom is 0.163 e. The number of rotatable bonds is 1. The Balaban J connectivity index is 2.09. The second-order valence-corrected chi connectivity index (χ2v) is 3.98. The number of quaternary nitrogens is 1. The molecule has 0 bridgehead atoms. The van der Waals surface area contributed by atoms with Crippen LogP contribution < -0.4 is 0 Å². The molecule has 0 atom stereocenters. The molecule has 0 aromatic rings. The Morgan fingerprint density at radius 3 is 2.70 bits per heavy atom. The van der Waals surface area contributed by atoms with Crippen LogP contribution in [0.15, 0.2) is 11.1 Å². The van der Waals surface area contributed by atoms with Crippen molar-refractivity contribution >= 4 is 11.8 Å². The predicted octanol–water partition coefficient (Wildman–Crippen LogP) is 1.68. The van der Waals surface area contributed by atoms with E-state index in [4.69, 9.17) is 0 Å². The monoisotopic (exact) mass is 157 g/mol. The molecule has 0 unspecified atom stereocenters. The van der Waals surface area contributed by atoms with Gasteiger partial charge in [0.15, 0.2) is 5.03 Å². The van der Waals surface area contributed by atoms with Crippen molar-refractivity contribution in [1.29, 1.82) is 0 Å². The lowest BCUT2D eigenvalue weighted by atomic mass is 10.2. The zero-order chi connectivity index (χ0) is 7.03. The van der Waals surface area contributed by atoms with Gasteiger partial charge in [0.25, 0.3) is 0 Å². The predicted molar refractivity (Wildman–Crippen MR) is 43.1 cm³/mol. The summed E-state index contributed by atoms with van der Waals surface area (Å²) in [6.07, 6.45) is 4.32. The molecule has 2 rings (SSSR count). The Morgan fingerprint density at radius 2 is 2.30 bits per heavy atom. The Bertz CT molecular complexity index is 174. The summed E-state index contributed by atoms with van der Waals surface area (Å²) in [6.45, 7) is 1.64. The maximum atomic E-state index is 11.6. The first-order valence-corrected chi connectivity index (χ1v) is 4.71. The summed E-state index contributed by atoms with van der Waals surface area (Å²) >= 11 is 1.75. The van der Waals surface area contributed by atoms with E-state index in [0.29, 0.717) is 0 Å². The number of hydroxylamine groups is 3. The summed E-state index contributed by atoms with van der Waals surface area (Å²) < 4.78 is -0.00926. The normalized spacial score (nSPS) is 29.5. The largest absolute Gasteiger partial charge is 0.627 e. The topological polar surface area (TPSA) is 23.1 Å². The van der Waals surface area contributed by atoms with Gasteiger partial charge in [-0.3, -0.25) is 0 Å². The molecule has 0 amide bonds. The first-order valence-electron chi connectivity index (χ1n) is 3.73. The molecule has 2 heterocycles. The molecule has 2 aliphatic rings. The third-order valence-electron chi connectivity index (χ3n) is 2.13. The van der Waals surface area contributed by atoms with Gasteiger partial charge < -0.3 is 9.85 Å². The summed E-state index contributed by atoms with van der Waals surface area (Å²) in [5.74, 6) is 1.12. The van der Waals surface area contributed by atoms with E-state index in [1.807, 2.05) is 0 Å². The van der Waals surface area contributed by atoms with Crippen molar-refractivity contribution in [3.05, 3.63) is 16.3 Å². The highest BCUT2D eigenvalue weighted by atomic mass is 32.2. The van der Waals surface area contributed by atoms with Gasteiger partial charge in [0.2, 0.25) is 0 Å². The fourth-order valence-electron chi connectivity index (χ4n) is 1.35. The average molecular weight is 157 g/mol. The van der Waals surface area contributed by atoms with E-state index in [1.165, 1.54) is 0 Å². The van der Waals surface area contributed by atoms with Crippen LogP contribution in [0.25, 0.3) is 0 Å². The van der Waals surface area contributed by atoms with Crippen LogP contribution >= 0.6 is 11.8 Å². The first kappa shape index (κ1) is 6.70. The molecule has 1 saturated heterocycles. The summed E-state index contributed by atoms with van der Waals surface area (Å²) in [7, 11) is 0. The molecular formula is C7H11NOS. The average Bonchev–Trinajstić information content (AvgIpc) is 2.33. The molecule has 56 valence electrons. The fourth-order valence-corrected chi connectivity index (χ4v) is 2.45. The number of allylic oxidation sites excluding steroid dienone is 1. The van der Waals surface area contributed by atoms with Crippen LogP contribution in [0.2, 0.25) is 0 Å². The van der Waals surface area contributed by atoms with E-state index in [0.717, 1.165) is 36.7 Å². The highest BCUT2D eigenvalue weighted by molar-refractivity contribution is 8.03. The molecule has 0 aliphatic carbocycles. The zero-order valence-electron chi connectivity index (χ0n) is 5.88. The lowest BCUT2D eigenvalue weighted by molar-refractivity contribution is -0.874. The van der Waals surface area contributed by atoms with Gasteiger partial charge in [-0.15, -0.1) is 0 Å². The second kappa shape index (κ2) is 2.26. The van der Waals surface area contributed by atoms with Gasteiger partial charge in [-0.2, -0.15) is 0 Å². The molecule has 1 fully saturated rings. The van der Waals surface area contributed by atoms with E-state index in [1.54, 1.807) is 11.8 Å². The Labute approximate surface area is 65.1 Å². The van der Waals surface area contributed by atoms with Crippen molar-refractivity contribution in [3.8, 4) is 0 Å². The summed E-state index contributed by atoms with van der Waals surface area (Å²) in [6, 6.07) is 0. The van der Waals surface area contributed by atoms with Gasteiger partial charge in [-0.1, -0.05) is 11.8 Å². The molecule has 0 radical (unpaired) electrons. The molecular weight excluding hydrogens is 146 g/mol. The lowest BCUT2D eigenvalue weighted by Gasteiger charge is -2.49. The van der Waals surface area contributed by atoms with Crippen LogP contribution in [0.1, 0.15) is 12.8 Å². The van der Waals surface area contributed by atoms with E-state index in [2.05, 4.69) is 6.08 Å². The Hall–Kier alpha value is 0.01000. The third-order valence-corrected chi connectivity index (χ3v) is 3.36. The minimum atomic E-state index is -0.00926. The summed E-state index contributed by atoms with van der Waals surface area (Å²) in [5, 5.41) is 12.7. The Morgan fingerprint density at radius 1 is 1.50 bits per heavy atom. The highest BCUT2D eigenvalue weighted by Crippen LogP contribution is 2.37. The van der Waals surface area contributed by atoms with Crippen molar-refractivity contribution in [2.24, 2.45) is 0 Å². The smallest absolute Gasteiger partial charge is 0.163 e. The number of thioether (sulfide) groups is 1. The highest BCUT2D eigenvalue weighted by Gasteiger charge is 2.32. The SMILES string of the molecule is [O-][N+]1(C2=CCCS2)CCC1. The third kappa shape index (κ3) is 0.892. The molecule has 0 aromatic heterocycles. The van der Waals surface area contributed by atoms with Crippen molar-refractivity contribution in [3.63, 3.8) is 0 Å². The second-order valence-electron chi connectivity index (χ2n) is 2.87. The van der Waals surface area contributed by atoms with Crippen molar-refractivity contribution in [1.82, 2.24) is 0 Å². The van der Waals surface area contributed by atoms with Gasteiger partial charge in [-0.25, -0.2) is 0 Å². The number of nitrogens with zero attached hydrogens (tertiary/aromatic N) is 1. The minimum Gasteiger partial charge on any atom is -0.627 e. The molecule has 0 saturated carbocycles. The molecule has 10 heavy (non-hydrogen) atoms. The van der Waals surface area contributed by atoms with Crippen LogP contribution in [0.5, 0.6) is 0 Å². The van der Waals surface area contributed by atoms with Gasteiger partial charge in [-0.05, 0) is 12.5 Å². The minimum absolute atomic E-state index is 0.00926. The number of hydrogen-bond donors (Lipinski definition) is 0. The lowest BCUT2D eigenvalue weighted by Crippen LogP contribution is -2.50. The Kier molecular flexibility index (Phi) is 1.51. The summed E-state index contributed by atoms with van der Waals surface area (Å²) in [5.41, 5.74) is 0. The molecule has 0 spiro atoms. The maximum absolute atomic E-state index is 11.6.